The third kappa shape index (κ3) is 4.90. The van der Waals surface area contributed by atoms with Gasteiger partial charge >= 0.3 is 5.97 Å². The molecule has 0 radical (unpaired) electrons. The summed E-state index contributed by atoms with van der Waals surface area (Å²) in [6, 6.07) is 5.05. The number of nitrogens with one attached hydrogen (secondary N) is 1. The quantitative estimate of drug-likeness (QED) is 0.638. The molecule has 0 saturated carbocycles. The van der Waals surface area contributed by atoms with Crippen LogP contribution in [0.2, 0.25) is 0 Å². The number of ether oxygens (including phenoxy) is 1. The van der Waals surface area contributed by atoms with Gasteiger partial charge in [-0.1, -0.05) is 6.92 Å². The molecule has 176 valence electrons. The lowest BCUT2D eigenvalue weighted by molar-refractivity contribution is -0.148. The molecule has 0 spiro atoms. The summed E-state index contributed by atoms with van der Waals surface area (Å²) in [6.45, 7) is 9.12. The summed E-state index contributed by atoms with van der Waals surface area (Å²) in [6.07, 6.45) is 3.92. The van der Waals surface area contributed by atoms with Gasteiger partial charge in [-0.05, 0) is 83.7 Å². The van der Waals surface area contributed by atoms with Crippen LogP contribution in [0, 0.1) is 5.92 Å². The average Bonchev–Trinajstić information content (AvgIpc) is 2.88. The van der Waals surface area contributed by atoms with Crippen molar-refractivity contribution < 1.29 is 24.2 Å². The predicted molar refractivity (Wildman–Crippen MR) is 122 cm³/mol. The molecule has 2 aliphatic rings. The smallest absolute Gasteiger partial charge is 0.329 e. The fraction of sp³-hybridized carbons (Fsp3) is 0.625. The van der Waals surface area contributed by atoms with Gasteiger partial charge in [0.05, 0.1) is 17.9 Å². The summed E-state index contributed by atoms with van der Waals surface area (Å²) in [5, 5.41) is 13.1. The van der Waals surface area contributed by atoms with Crippen molar-refractivity contribution >= 4 is 23.5 Å². The fourth-order valence-electron chi connectivity index (χ4n) is 4.30. The van der Waals surface area contributed by atoms with Gasteiger partial charge in [0.1, 0.15) is 17.8 Å². The summed E-state index contributed by atoms with van der Waals surface area (Å²) in [7, 11) is 0. The number of benzene rings is 1. The maximum absolute atomic E-state index is 13.5. The number of nitrogens with zero attached hydrogens (tertiary/aromatic N) is 2. The second-order valence-electron chi connectivity index (χ2n) is 9.29. The van der Waals surface area contributed by atoms with Crippen molar-refractivity contribution in [2.75, 3.05) is 31.1 Å². The van der Waals surface area contributed by atoms with E-state index < -0.39 is 17.4 Å². The number of hydrogen-bond acceptors (Lipinski definition) is 5. The number of rotatable bonds is 8. The van der Waals surface area contributed by atoms with Crippen LogP contribution in [0.5, 0.6) is 5.75 Å². The lowest BCUT2D eigenvalue weighted by Gasteiger charge is -2.34. The van der Waals surface area contributed by atoms with Gasteiger partial charge in [0.25, 0.3) is 5.91 Å². The summed E-state index contributed by atoms with van der Waals surface area (Å²) >= 11 is 0. The number of aliphatic carboxylic acids is 1. The molecule has 2 amide bonds. The van der Waals surface area contributed by atoms with Crippen LogP contribution in [0.3, 0.4) is 0 Å². The van der Waals surface area contributed by atoms with E-state index in [-0.39, 0.29) is 18.5 Å². The molecule has 8 heteroatoms. The molecule has 0 bridgehead atoms. The van der Waals surface area contributed by atoms with Gasteiger partial charge in [0, 0.05) is 6.04 Å². The molecule has 32 heavy (non-hydrogen) atoms. The molecule has 1 saturated heterocycles. The van der Waals surface area contributed by atoms with E-state index in [1.807, 2.05) is 13.8 Å². The number of carboxylic acid groups (broad SMARTS) is 1. The Morgan fingerprint density at radius 3 is 2.59 bits per heavy atom. The molecular formula is C24H35N3O5. The maximum Gasteiger partial charge on any atom is 0.329 e. The lowest BCUT2D eigenvalue weighted by atomic mass is 9.95. The van der Waals surface area contributed by atoms with Crippen LogP contribution in [0.1, 0.15) is 63.7 Å². The number of hydrogen-bond donors (Lipinski definition) is 2. The number of piperidine rings is 1. The standard InChI is InChI=1S/C24H35N3O5/c1-5-16(2)27-20-7-6-18(32-13-10-17-8-11-25-12-9-17)14-19(20)22(29)26(15-21(27)28)24(3,4)23(30)31/h6-7,14,16-17,25H,5,8-13,15H2,1-4H3,(H,30,31). The van der Waals surface area contributed by atoms with Crippen molar-refractivity contribution in [1.29, 1.82) is 0 Å². The first-order valence-electron chi connectivity index (χ1n) is 11.5. The summed E-state index contributed by atoms with van der Waals surface area (Å²) in [5.41, 5.74) is -0.727. The highest BCUT2D eigenvalue weighted by atomic mass is 16.5. The zero-order chi connectivity index (χ0) is 23.5. The fourth-order valence-corrected chi connectivity index (χ4v) is 4.30. The monoisotopic (exact) mass is 445 g/mol. The molecule has 1 aromatic carbocycles. The van der Waals surface area contributed by atoms with Crippen LogP contribution < -0.4 is 15.0 Å². The largest absolute Gasteiger partial charge is 0.494 e. The Labute approximate surface area is 189 Å². The van der Waals surface area contributed by atoms with Gasteiger partial charge in [-0.3, -0.25) is 9.59 Å². The van der Waals surface area contributed by atoms with Crippen molar-refractivity contribution in [2.45, 2.75) is 65.0 Å². The minimum absolute atomic E-state index is 0.131. The number of fused-ring (bicyclic) bond motifs is 1. The van der Waals surface area contributed by atoms with Gasteiger partial charge < -0.3 is 25.0 Å². The Hall–Kier alpha value is -2.61. The van der Waals surface area contributed by atoms with E-state index in [0.717, 1.165) is 37.3 Å². The Kier molecular flexibility index (Phi) is 7.44. The molecule has 8 nitrogen and oxygen atoms in total. The number of anilines is 1. The molecule has 0 aromatic heterocycles. The third-order valence-electron chi connectivity index (χ3n) is 6.75. The second kappa shape index (κ2) is 9.90. The topological polar surface area (TPSA) is 99.2 Å². The van der Waals surface area contributed by atoms with E-state index in [1.165, 1.54) is 13.8 Å². The molecule has 1 unspecified atom stereocenters. The van der Waals surface area contributed by atoms with Crippen LogP contribution in [0.15, 0.2) is 18.2 Å². The van der Waals surface area contributed by atoms with E-state index in [1.54, 1.807) is 23.1 Å². The molecule has 1 fully saturated rings. The Bertz CT molecular complexity index is 863. The van der Waals surface area contributed by atoms with Gasteiger partial charge in [-0.15, -0.1) is 0 Å². The van der Waals surface area contributed by atoms with Crippen molar-refractivity contribution in [1.82, 2.24) is 10.2 Å². The number of carbonyl (C=O) groups excluding carboxylic acids is 2. The zero-order valence-corrected chi connectivity index (χ0v) is 19.5. The number of carboxylic acids is 1. The first-order chi connectivity index (χ1) is 15.2. The van der Waals surface area contributed by atoms with Crippen molar-refractivity contribution in [3.8, 4) is 5.75 Å². The van der Waals surface area contributed by atoms with Crippen LogP contribution in [0.25, 0.3) is 0 Å². The van der Waals surface area contributed by atoms with Crippen molar-refractivity contribution in [3.63, 3.8) is 0 Å². The van der Waals surface area contributed by atoms with Crippen LogP contribution >= 0.6 is 0 Å². The molecule has 0 aliphatic carbocycles. The highest BCUT2D eigenvalue weighted by Crippen LogP contribution is 2.34. The molecule has 2 N–H and O–H groups in total. The number of carbonyl (C=O) groups is 3. The van der Waals surface area contributed by atoms with Crippen molar-refractivity contribution in [2.24, 2.45) is 5.92 Å². The predicted octanol–water partition coefficient (Wildman–Crippen LogP) is 2.91. The Morgan fingerprint density at radius 1 is 1.28 bits per heavy atom. The second-order valence-corrected chi connectivity index (χ2v) is 9.29. The van der Waals surface area contributed by atoms with Gasteiger partial charge in [0.2, 0.25) is 5.91 Å². The minimum Gasteiger partial charge on any atom is -0.494 e. The molecule has 3 rings (SSSR count). The molecule has 1 atom stereocenters. The summed E-state index contributed by atoms with van der Waals surface area (Å²) in [4.78, 5) is 41.3. The van der Waals surface area contributed by atoms with E-state index >= 15 is 0 Å². The van der Waals surface area contributed by atoms with Crippen LogP contribution in [0.4, 0.5) is 5.69 Å². The molecule has 2 aliphatic heterocycles. The summed E-state index contributed by atoms with van der Waals surface area (Å²) < 4.78 is 5.97. The number of amides is 2. The van der Waals surface area contributed by atoms with E-state index in [2.05, 4.69) is 5.32 Å². The Balaban J connectivity index is 1.90. The highest BCUT2D eigenvalue weighted by Gasteiger charge is 2.44. The van der Waals surface area contributed by atoms with E-state index in [0.29, 0.717) is 35.9 Å². The first kappa shape index (κ1) is 24.0. The normalized spacial score (nSPS) is 18.9. The van der Waals surface area contributed by atoms with Crippen molar-refractivity contribution in [3.05, 3.63) is 23.8 Å². The van der Waals surface area contributed by atoms with E-state index in [9.17, 15) is 19.5 Å². The highest BCUT2D eigenvalue weighted by molar-refractivity contribution is 6.11. The Morgan fingerprint density at radius 2 is 1.97 bits per heavy atom. The van der Waals surface area contributed by atoms with Crippen LogP contribution in [-0.2, 0) is 9.59 Å². The molecular weight excluding hydrogens is 410 g/mol. The maximum atomic E-state index is 13.5. The third-order valence-corrected chi connectivity index (χ3v) is 6.75. The van der Waals surface area contributed by atoms with Gasteiger partial charge in [0.15, 0.2) is 0 Å². The van der Waals surface area contributed by atoms with E-state index in [4.69, 9.17) is 4.74 Å². The van der Waals surface area contributed by atoms with Gasteiger partial charge in [-0.2, -0.15) is 0 Å². The zero-order valence-electron chi connectivity index (χ0n) is 19.5. The SMILES string of the molecule is CCC(C)N1C(=O)CN(C(C)(C)C(=O)O)C(=O)c2cc(OCCC3CCNCC3)ccc21. The average molecular weight is 446 g/mol. The first-order valence-corrected chi connectivity index (χ1v) is 11.5. The molecule has 2 heterocycles. The van der Waals surface area contributed by atoms with Crippen LogP contribution in [-0.4, -0.2) is 65.6 Å². The molecule has 1 aromatic rings. The minimum atomic E-state index is -1.53. The van der Waals surface area contributed by atoms with Gasteiger partial charge in [-0.25, -0.2) is 4.79 Å². The summed E-state index contributed by atoms with van der Waals surface area (Å²) in [5.74, 6) is -0.746. The lowest BCUT2D eigenvalue weighted by Crippen LogP contribution is -2.55.